The lowest BCUT2D eigenvalue weighted by atomic mass is 10.0. The molecule has 1 aromatic carbocycles. The number of halogens is 3. The number of amides is 1. The van der Waals surface area contributed by atoms with Gasteiger partial charge in [0.05, 0.1) is 12.7 Å². The van der Waals surface area contributed by atoms with E-state index in [1.54, 1.807) is 5.32 Å². The summed E-state index contributed by atoms with van der Waals surface area (Å²) < 4.78 is 41.5. The number of alkyl halides is 3. The van der Waals surface area contributed by atoms with Crippen molar-refractivity contribution in [3.8, 4) is 0 Å². The van der Waals surface area contributed by atoms with Crippen LogP contribution in [0.25, 0.3) is 0 Å². The zero-order valence-corrected chi connectivity index (χ0v) is 12.8. The maximum Gasteiger partial charge on any atom is 0.471 e. The Bertz CT molecular complexity index is 834. The molecule has 0 saturated carbocycles. The second-order valence-corrected chi connectivity index (χ2v) is 4.75. The minimum Gasteiger partial charge on any atom is -0.465 e. The number of ether oxygens (including phenoxy) is 1. The molecule has 1 amide bonds. The molecule has 0 saturated heterocycles. The molecule has 1 N–H and O–H groups in total. The molecule has 0 unspecified atom stereocenters. The topological polar surface area (TPSA) is 85.4 Å². The highest BCUT2D eigenvalue weighted by atomic mass is 19.4. The van der Waals surface area contributed by atoms with Gasteiger partial charge in [0.25, 0.3) is 0 Å². The van der Waals surface area contributed by atoms with Crippen LogP contribution >= 0.6 is 0 Å². The number of nitrogens with zero attached hydrogens (tertiary/aromatic N) is 1. The van der Waals surface area contributed by atoms with E-state index in [2.05, 4.69) is 9.72 Å². The van der Waals surface area contributed by atoms with Crippen molar-refractivity contribution in [3.05, 3.63) is 59.4 Å². The molecule has 0 spiro atoms. The predicted octanol–water partition coefficient (Wildman–Crippen LogP) is 2.60. The van der Waals surface area contributed by atoms with Crippen LogP contribution in [-0.2, 0) is 9.53 Å². The Morgan fingerprint density at radius 1 is 1.12 bits per heavy atom. The lowest BCUT2D eigenvalue weighted by molar-refractivity contribution is -0.167. The first-order valence-electron chi connectivity index (χ1n) is 6.80. The summed E-state index contributed by atoms with van der Waals surface area (Å²) in [6.45, 7) is 0. The van der Waals surface area contributed by atoms with Crippen LogP contribution in [0, 0.1) is 0 Å². The van der Waals surface area contributed by atoms with E-state index in [1.807, 2.05) is 0 Å². The van der Waals surface area contributed by atoms with Crippen molar-refractivity contribution in [2.24, 2.45) is 0 Å². The fraction of sp³-hybridized carbons (Fsp3) is 0.125. The summed E-state index contributed by atoms with van der Waals surface area (Å²) in [4.78, 5) is 39.0. The summed E-state index contributed by atoms with van der Waals surface area (Å²) in [5.41, 5.74) is -0.569. The van der Waals surface area contributed by atoms with Crippen LogP contribution in [-0.4, -0.2) is 35.9 Å². The molecular weight excluding hydrogens is 341 g/mol. The van der Waals surface area contributed by atoms with Crippen molar-refractivity contribution in [1.29, 1.82) is 0 Å². The van der Waals surface area contributed by atoms with Gasteiger partial charge in [-0.25, -0.2) is 4.79 Å². The lowest BCUT2D eigenvalue weighted by Gasteiger charge is -2.10. The summed E-state index contributed by atoms with van der Waals surface area (Å²) in [5, 5.41) is 1.65. The van der Waals surface area contributed by atoms with Crippen LogP contribution in [0.5, 0.6) is 0 Å². The Kier molecular flexibility index (Phi) is 5.16. The van der Waals surface area contributed by atoms with Gasteiger partial charge in [-0.05, 0) is 24.3 Å². The first-order valence-corrected chi connectivity index (χ1v) is 6.80. The summed E-state index contributed by atoms with van der Waals surface area (Å²) in [6, 6.07) is 7.63. The van der Waals surface area contributed by atoms with Crippen LogP contribution in [0.3, 0.4) is 0 Å². The Labute approximate surface area is 139 Å². The fourth-order valence-corrected chi connectivity index (χ4v) is 1.94. The van der Waals surface area contributed by atoms with Crippen LogP contribution in [0.1, 0.15) is 26.4 Å². The van der Waals surface area contributed by atoms with Crippen LogP contribution < -0.4 is 5.32 Å². The van der Waals surface area contributed by atoms with Crippen molar-refractivity contribution < 1.29 is 32.3 Å². The Hall–Kier alpha value is -3.23. The molecule has 0 aliphatic heterocycles. The average molecular weight is 352 g/mol. The van der Waals surface area contributed by atoms with Gasteiger partial charge in [0.15, 0.2) is 0 Å². The number of benzene rings is 1. The molecule has 2 aromatic rings. The number of ketones is 1. The molecule has 1 heterocycles. The number of anilines is 1. The highest BCUT2D eigenvalue weighted by molar-refractivity contribution is 6.13. The largest absolute Gasteiger partial charge is 0.471 e. The van der Waals surface area contributed by atoms with E-state index in [9.17, 15) is 27.6 Å². The van der Waals surface area contributed by atoms with Crippen molar-refractivity contribution in [3.63, 3.8) is 0 Å². The predicted molar refractivity (Wildman–Crippen MR) is 80.1 cm³/mol. The molecule has 1 aromatic heterocycles. The molecule has 6 nitrogen and oxygen atoms in total. The van der Waals surface area contributed by atoms with E-state index < -0.39 is 23.8 Å². The first-order chi connectivity index (χ1) is 11.7. The molecule has 9 heteroatoms. The Morgan fingerprint density at radius 3 is 2.48 bits per heavy atom. The van der Waals surface area contributed by atoms with E-state index >= 15 is 0 Å². The average Bonchev–Trinajstić information content (AvgIpc) is 2.59. The van der Waals surface area contributed by atoms with Crippen LogP contribution in [0.2, 0.25) is 0 Å². The maximum absolute atomic E-state index is 12.5. The van der Waals surface area contributed by atoms with E-state index in [4.69, 9.17) is 0 Å². The smallest absolute Gasteiger partial charge is 0.465 e. The molecule has 0 fully saturated rings. The quantitative estimate of drug-likeness (QED) is 0.675. The van der Waals surface area contributed by atoms with Gasteiger partial charge in [-0.3, -0.25) is 14.6 Å². The van der Waals surface area contributed by atoms with E-state index in [-0.39, 0.29) is 22.5 Å². The van der Waals surface area contributed by atoms with Gasteiger partial charge in [-0.1, -0.05) is 12.1 Å². The third-order valence-corrected chi connectivity index (χ3v) is 3.07. The number of rotatable bonds is 4. The van der Waals surface area contributed by atoms with E-state index in [0.717, 1.165) is 13.2 Å². The van der Waals surface area contributed by atoms with Gasteiger partial charge >= 0.3 is 18.1 Å². The normalized spacial score (nSPS) is 10.9. The van der Waals surface area contributed by atoms with Crippen LogP contribution in [0.15, 0.2) is 42.6 Å². The van der Waals surface area contributed by atoms with Gasteiger partial charge in [0, 0.05) is 17.4 Å². The molecule has 0 aliphatic rings. The number of aromatic nitrogens is 1. The minimum absolute atomic E-state index is 0.0520. The Morgan fingerprint density at radius 2 is 1.84 bits per heavy atom. The second kappa shape index (κ2) is 7.12. The monoisotopic (exact) mass is 352 g/mol. The van der Waals surface area contributed by atoms with Gasteiger partial charge in [0.2, 0.25) is 5.78 Å². The molecule has 0 atom stereocenters. The van der Waals surface area contributed by atoms with Crippen molar-refractivity contribution in [1.82, 2.24) is 4.98 Å². The summed E-state index contributed by atoms with van der Waals surface area (Å²) in [5.74, 6) is -3.65. The zero-order chi connectivity index (χ0) is 18.6. The molecular formula is C16H11F3N2O4. The number of carbonyl (C=O) groups is 3. The molecule has 0 aliphatic carbocycles. The summed E-state index contributed by atoms with van der Waals surface area (Å²) in [7, 11) is 1.14. The van der Waals surface area contributed by atoms with Crippen LogP contribution in [0.4, 0.5) is 18.9 Å². The van der Waals surface area contributed by atoms with Crippen molar-refractivity contribution in [2.75, 3.05) is 12.4 Å². The summed E-state index contributed by atoms with van der Waals surface area (Å²) >= 11 is 0. The molecule has 0 radical (unpaired) electrons. The van der Waals surface area contributed by atoms with Gasteiger partial charge in [-0.15, -0.1) is 0 Å². The van der Waals surface area contributed by atoms with E-state index in [1.165, 1.54) is 36.5 Å². The molecule has 2 rings (SSSR count). The number of hydrogen-bond donors (Lipinski definition) is 1. The minimum atomic E-state index is -5.06. The molecule has 130 valence electrons. The summed E-state index contributed by atoms with van der Waals surface area (Å²) in [6.07, 6.45) is -3.77. The number of pyridine rings is 1. The number of esters is 1. The third kappa shape index (κ3) is 4.19. The van der Waals surface area contributed by atoms with Gasteiger partial charge in [-0.2, -0.15) is 13.2 Å². The van der Waals surface area contributed by atoms with Gasteiger partial charge < -0.3 is 10.1 Å². The number of hydrogen-bond acceptors (Lipinski definition) is 5. The SMILES string of the molecule is COC(=O)c1cccnc1C(=O)c1cccc(NC(=O)C(F)(F)F)c1. The fourth-order valence-electron chi connectivity index (χ4n) is 1.94. The highest BCUT2D eigenvalue weighted by Gasteiger charge is 2.38. The number of carbonyl (C=O) groups excluding carboxylic acids is 3. The maximum atomic E-state index is 12.5. The lowest BCUT2D eigenvalue weighted by Crippen LogP contribution is -2.30. The van der Waals surface area contributed by atoms with E-state index in [0.29, 0.717) is 0 Å². The Balaban J connectivity index is 2.34. The van der Waals surface area contributed by atoms with Gasteiger partial charge in [0.1, 0.15) is 5.69 Å². The highest BCUT2D eigenvalue weighted by Crippen LogP contribution is 2.20. The number of nitrogens with one attached hydrogen (secondary N) is 1. The van der Waals surface area contributed by atoms with Crippen molar-refractivity contribution in [2.45, 2.75) is 6.18 Å². The second-order valence-electron chi connectivity index (χ2n) is 4.75. The first kappa shape index (κ1) is 18.1. The number of methoxy groups -OCH3 is 1. The molecule has 0 bridgehead atoms. The standard InChI is InChI=1S/C16H11F3N2O4/c1-25-14(23)11-6-3-7-20-12(11)13(22)9-4-2-5-10(8-9)21-15(24)16(17,18)19/h2-8H,1H3,(H,21,24). The molecule has 25 heavy (non-hydrogen) atoms. The zero-order valence-electron chi connectivity index (χ0n) is 12.8. The van der Waals surface area contributed by atoms with Crippen molar-refractivity contribution >= 4 is 23.3 Å². The third-order valence-electron chi connectivity index (χ3n) is 3.07.